The second kappa shape index (κ2) is 8.70. The highest BCUT2D eigenvalue weighted by atomic mass is 32.1. The summed E-state index contributed by atoms with van der Waals surface area (Å²) in [7, 11) is 0. The molecule has 31 heavy (non-hydrogen) atoms. The van der Waals surface area contributed by atoms with Gasteiger partial charge in [0, 0.05) is 23.5 Å². The minimum absolute atomic E-state index is 0.000334. The molecular formula is C23H24F2N4OS. The Labute approximate surface area is 184 Å². The molecule has 0 fully saturated rings. The summed E-state index contributed by atoms with van der Waals surface area (Å²) < 4.78 is 29.3. The number of hydrogen-bond donors (Lipinski definition) is 1. The van der Waals surface area contributed by atoms with Crippen LogP contribution in [-0.2, 0) is 11.2 Å². The molecule has 2 heterocycles. The number of benzene rings is 2. The van der Waals surface area contributed by atoms with Crippen LogP contribution in [0.4, 0.5) is 20.2 Å². The Morgan fingerprint density at radius 3 is 2.77 bits per heavy atom. The van der Waals surface area contributed by atoms with E-state index in [4.69, 9.17) is 0 Å². The number of hydrogen-bond acceptors (Lipinski definition) is 5. The number of alkyl halides is 2. The highest BCUT2D eigenvalue weighted by Crippen LogP contribution is 2.34. The van der Waals surface area contributed by atoms with Gasteiger partial charge in [-0.3, -0.25) is 4.79 Å². The van der Waals surface area contributed by atoms with Crippen LogP contribution >= 0.6 is 11.5 Å². The van der Waals surface area contributed by atoms with Crippen molar-refractivity contribution in [3.8, 4) is 10.6 Å². The lowest BCUT2D eigenvalue weighted by Gasteiger charge is -2.20. The number of aromatic nitrogens is 2. The molecule has 8 heteroatoms. The molecule has 0 radical (unpaired) electrons. The molecule has 3 aromatic rings. The molecular weight excluding hydrogens is 418 g/mol. The van der Waals surface area contributed by atoms with E-state index in [0.29, 0.717) is 23.0 Å². The van der Waals surface area contributed by atoms with Gasteiger partial charge in [0.15, 0.2) is 0 Å². The second-order valence-corrected chi connectivity index (χ2v) is 8.69. The van der Waals surface area contributed by atoms with E-state index in [-0.39, 0.29) is 12.5 Å². The van der Waals surface area contributed by atoms with Gasteiger partial charge >= 0.3 is 0 Å². The van der Waals surface area contributed by atoms with Crippen LogP contribution in [0, 0.1) is 6.92 Å². The molecule has 0 saturated heterocycles. The summed E-state index contributed by atoms with van der Waals surface area (Å²) in [6.45, 7) is 7.09. The molecule has 1 amide bonds. The van der Waals surface area contributed by atoms with E-state index >= 15 is 0 Å². The summed E-state index contributed by atoms with van der Waals surface area (Å²) in [6.07, 6.45) is -1.82. The van der Waals surface area contributed by atoms with Gasteiger partial charge in [0.1, 0.15) is 5.01 Å². The fourth-order valence-electron chi connectivity index (χ4n) is 3.91. The smallest absolute Gasteiger partial charge is 0.298 e. The average Bonchev–Trinajstić information content (AvgIpc) is 3.40. The number of nitrogens with zero attached hydrogens (tertiary/aromatic N) is 3. The summed E-state index contributed by atoms with van der Waals surface area (Å²) in [5.74, 6) is -0.0430. The van der Waals surface area contributed by atoms with E-state index in [2.05, 4.69) is 34.6 Å². The Bertz CT molecular complexity index is 1110. The first kappa shape index (κ1) is 21.4. The molecule has 0 aliphatic carbocycles. The molecule has 0 unspecified atom stereocenters. The second-order valence-electron chi connectivity index (χ2n) is 7.94. The topological polar surface area (TPSA) is 58.1 Å². The lowest BCUT2D eigenvalue weighted by Crippen LogP contribution is -2.34. The van der Waals surface area contributed by atoms with E-state index in [1.54, 1.807) is 0 Å². The molecule has 2 aromatic carbocycles. The molecule has 0 atom stereocenters. The van der Waals surface area contributed by atoms with Gasteiger partial charge < -0.3 is 10.2 Å². The summed E-state index contributed by atoms with van der Waals surface area (Å²) >= 11 is 0.942. The molecule has 0 bridgehead atoms. The fraction of sp³-hybridized carbons (Fsp3) is 0.348. The Morgan fingerprint density at radius 2 is 2.06 bits per heavy atom. The fourth-order valence-corrected chi connectivity index (χ4v) is 4.58. The van der Waals surface area contributed by atoms with Gasteiger partial charge in [0.05, 0.1) is 6.54 Å². The van der Waals surface area contributed by atoms with Gasteiger partial charge in [-0.1, -0.05) is 38.1 Å². The summed E-state index contributed by atoms with van der Waals surface area (Å²) in [4.78, 5) is 18.7. The van der Waals surface area contributed by atoms with Crippen molar-refractivity contribution in [1.82, 2.24) is 9.36 Å². The first-order valence-electron chi connectivity index (χ1n) is 10.2. The van der Waals surface area contributed by atoms with Crippen LogP contribution in [0.2, 0.25) is 0 Å². The van der Waals surface area contributed by atoms with Gasteiger partial charge in [-0.2, -0.15) is 4.37 Å². The number of aryl methyl sites for hydroxylation is 1. The van der Waals surface area contributed by atoms with Crippen molar-refractivity contribution < 1.29 is 13.6 Å². The third kappa shape index (κ3) is 4.30. The van der Waals surface area contributed by atoms with Crippen LogP contribution in [0.1, 0.15) is 48.7 Å². The molecule has 0 spiro atoms. The molecule has 1 aliphatic rings. The quantitative estimate of drug-likeness (QED) is 0.542. The zero-order chi connectivity index (χ0) is 22.1. The first-order valence-corrected chi connectivity index (χ1v) is 11.0. The van der Waals surface area contributed by atoms with Crippen molar-refractivity contribution in [2.75, 3.05) is 23.3 Å². The predicted molar refractivity (Wildman–Crippen MR) is 120 cm³/mol. The van der Waals surface area contributed by atoms with Gasteiger partial charge in [-0.15, -0.1) is 0 Å². The van der Waals surface area contributed by atoms with Crippen LogP contribution in [0.15, 0.2) is 36.4 Å². The van der Waals surface area contributed by atoms with E-state index in [1.807, 2.05) is 42.2 Å². The minimum atomic E-state index is -2.69. The average molecular weight is 443 g/mol. The molecule has 0 saturated carbocycles. The number of anilines is 2. The number of halogens is 2. The Morgan fingerprint density at radius 1 is 1.26 bits per heavy atom. The maximum absolute atomic E-state index is 13.0. The first-order chi connectivity index (χ1) is 14.8. The lowest BCUT2D eigenvalue weighted by molar-refractivity contribution is -0.116. The third-order valence-corrected chi connectivity index (χ3v) is 6.32. The summed E-state index contributed by atoms with van der Waals surface area (Å²) in [6, 6.07) is 11.7. The normalized spacial score (nSPS) is 13.2. The maximum Gasteiger partial charge on any atom is 0.298 e. The standard InChI is InChI=1S/C23H24F2N4OS/c1-13(2)16-5-4-6-19-17(16)9-10-29(19)20(30)12-26-18-11-15(8-7-14(18)3)23-27-22(21(24)25)28-31-23/h4-8,11,13,21,26H,9-10,12H2,1-3H3. The zero-order valence-corrected chi connectivity index (χ0v) is 18.5. The van der Waals surface area contributed by atoms with Crippen LogP contribution in [0.25, 0.3) is 10.6 Å². The van der Waals surface area contributed by atoms with Crippen molar-refractivity contribution in [2.24, 2.45) is 0 Å². The molecule has 1 aromatic heterocycles. The van der Waals surface area contributed by atoms with Gasteiger partial charge in [-0.25, -0.2) is 13.8 Å². The van der Waals surface area contributed by atoms with E-state index in [9.17, 15) is 13.6 Å². The zero-order valence-electron chi connectivity index (χ0n) is 17.7. The van der Waals surface area contributed by atoms with Crippen molar-refractivity contribution in [1.29, 1.82) is 0 Å². The van der Waals surface area contributed by atoms with Crippen molar-refractivity contribution in [2.45, 2.75) is 39.5 Å². The van der Waals surface area contributed by atoms with Gasteiger partial charge in [-0.05, 0) is 59.6 Å². The number of amides is 1. The van der Waals surface area contributed by atoms with Crippen LogP contribution < -0.4 is 10.2 Å². The van der Waals surface area contributed by atoms with E-state index in [1.165, 1.54) is 11.1 Å². The summed E-state index contributed by atoms with van der Waals surface area (Å²) in [5.41, 5.74) is 5.98. The Balaban J connectivity index is 1.49. The Kier molecular flexibility index (Phi) is 6.00. The molecule has 5 nitrogen and oxygen atoms in total. The van der Waals surface area contributed by atoms with E-state index in [0.717, 1.165) is 34.9 Å². The minimum Gasteiger partial charge on any atom is -0.376 e. The molecule has 162 valence electrons. The van der Waals surface area contributed by atoms with Gasteiger partial charge in [0.25, 0.3) is 6.43 Å². The van der Waals surface area contributed by atoms with Crippen molar-refractivity contribution in [3.05, 3.63) is 58.9 Å². The van der Waals surface area contributed by atoms with E-state index < -0.39 is 12.2 Å². The Hall–Kier alpha value is -2.87. The highest BCUT2D eigenvalue weighted by molar-refractivity contribution is 7.09. The number of carbonyl (C=O) groups excluding carboxylic acids is 1. The van der Waals surface area contributed by atoms with Gasteiger partial charge in [0.2, 0.25) is 11.7 Å². The van der Waals surface area contributed by atoms with Crippen LogP contribution in [0.3, 0.4) is 0 Å². The van der Waals surface area contributed by atoms with Crippen molar-refractivity contribution >= 4 is 28.8 Å². The maximum atomic E-state index is 13.0. The summed E-state index contributed by atoms with van der Waals surface area (Å²) in [5, 5.41) is 3.64. The largest absolute Gasteiger partial charge is 0.376 e. The SMILES string of the molecule is Cc1ccc(-c2nc(C(F)F)ns2)cc1NCC(=O)N1CCc2c(C(C)C)cccc21. The number of fused-ring (bicyclic) bond motifs is 1. The number of nitrogens with one attached hydrogen (secondary N) is 1. The van der Waals surface area contributed by atoms with Crippen molar-refractivity contribution in [3.63, 3.8) is 0 Å². The van der Waals surface area contributed by atoms with Crippen LogP contribution in [0.5, 0.6) is 0 Å². The molecule has 1 aliphatic heterocycles. The molecule has 4 rings (SSSR count). The van der Waals surface area contributed by atoms with Crippen LogP contribution in [-0.4, -0.2) is 28.4 Å². The third-order valence-electron chi connectivity index (χ3n) is 5.54. The monoisotopic (exact) mass is 442 g/mol. The highest BCUT2D eigenvalue weighted by Gasteiger charge is 2.27. The lowest BCUT2D eigenvalue weighted by atomic mass is 9.96. The number of rotatable bonds is 6. The molecule has 1 N–H and O–H groups in total. The number of carbonyl (C=O) groups is 1. The predicted octanol–water partition coefficient (Wildman–Crippen LogP) is 5.58.